The molecule has 0 saturated carbocycles. The number of benzene rings is 1. The number of aliphatic hydroxyl groups is 1. The van der Waals surface area contributed by atoms with Crippen molar-refractivity contribution in [1.29, 1.82) is 0 Å². The Hall–Kier alpha value is -3.03. The molecule has 3 aromatic rings. The second-order valence-corrected chi connectivity index (χ2v) is 9.68. The average Bonchev–Trinajstić information content (AvgIpc) is 3.51. The lowest BCUT2D eigenvalue weighted by atomic mass is 9.96. The van der Waals surface area contributed by atoms with Crippen LogP contribution in [0.4, 0.5) is 0 Å². The monoisotopic (exact) mass is 459 g/mol. The summed E-state index contributed by atoms with van der Waals surface area (Å²) in [5.41, 5.74) is 6.27. The topological polar surface area (TPSA) is 94.1 Å². The predicted molar refractivity (Wildman–Crippen MR) is 130 cm³/mol. The van der Waals surface area contributed by atoms with Crippen LogP contribution in [0.3, 0.4) is 0 Å². The van der Waals surface area contributed by atoms with Crippen LogP contribution in [-0.4, -0.2) is 50.2 Å². The molecule has 1 saturated heterocycles. The number of carbonyl (C=O) groups excluding carboxylic acids is 1. The van der Waals surface area contributed by atoms with Crippen LogP contribution in [0.2, 0.25) is 0 Å². The summed E-state index contributed by atoms with van der Waals surface area (Å²) in [5, 5.41) is 21.9. The number of aliphatic hydroxyl groups excluding tert-OH is 1. The maximum Gasteiger partial charge on any atom is 0.253 e. The Morgan fingerprint density at radius 3 is 2.79 bits per heavy atom. The van der Waals surface area contributed by atoms with Crippen LogP contribution in [0.5, 0.6) is 0 Å². The van der Waals surface area contributed by atoms with Crippen molar-refractivity contribution in [2.24, 2.45) is 0 Å². The zero-order valence-corrected chi connectivity index (χ0v) is 19.7. The number of carbonyl (C=O) groups is 1. The molecule has 34 heavy (non-hydrogen) atoms. The highest BCUT2D eigenvalue weighted by Gasteiger charge is 2.30. The van der Waals surface area contributed by atoms with Crippen molar-refractivity contribution in [3.8, 4) is 0 Å². The summed E-state index contributed by atoms with van der Waals surface area (Å²) in [6.45, 7) is 0.527. The minimum absolute atomic E-state index is 0.0118. The zero-order chi connectivity index (χ0) is 23.5. The van der Waals surface area contributed by atoms with Crippen molar-refractivity contribution in [3.63, 3.8) is 0 Å². The normalized spacial score (nSPS) is 20.6. The first-order valence-corrected chi connectivity index (χ1v) is 12.3. The lowest BCUT2D eigenvalue weighted by molar-refractivity contribution is 0.0783. The number of amides is 1. The van der Waals surface area contributed by atoms with Gasteiger partial charge < -0.3 is 15.3 Å². The van der Waals surface area contributed by atoms with Gasteiger partial charge in [-0.15, -0.1) is 0 Å². The fourth-order valence-electron chi connectivity index (χ4n) is 5.31. The van der Waals surface area contributed by atoms with E-state index in [1.807, 2.05) is 43.4 Å². The fraction of sp³-hybridized carbons (Fsp3) is 0.444. The van der Waals surface area contributed by atoms with Crippen molar-refractivity contribution in [2.45, 2.75) is 69.7 Å². The minimum Gasteiger partial charge on any atom is -0.387 e. The van der Waals surface area contributed by atoms with Crippen LogP contribution in [0.1, 0.15) is 70.2 Å². The number of aryl methyl sites for hydroxylation is 1. The van der Waals surface area contributed by atoms with Crippen LogP contribution in [0.15, 0.2) is 48.8 Å². The molecule has 0 bridgehead atoms. The Kier molecular flexibility index (Phi) is 6.74. The molecule has 1 aliphatic heterocycles. The van der Waals surface area contributed by atoms with E-state index in [-0.39, 0.29) is 11.9 Å². The summed E-state index contributed by atoms with van der Waals surface area (Å²) in [6.07, 6.45) is 10.2. The van der Waals surface area contributed by atoms with E-state index in [0.29, 0.717) is 18.2 Å². The van der Waals surface area contributed by atoms with E-state index in [4.69, 9.17) is 0 Å². The molecule has 3 heterocycles. The average molecular weight is 460 g/mol. The lowest BCUT2D eigenvalue weighted by Gasteiger charge is -2.20. The standard InChI is InChI=1S/C27H33N5O2/c1-32(17-25-22-6-2-3-7-23(22)30-31-25)27(34)19-10-8-18(9-11-19)15-21-12-13-24(29-21)26(33)20-5-4-14-28-16-20/h4-5,8-11,14,16,21,24,26,29,33H,2-3,6-7,12-13,15,17H2,1H3,(H,30,31)/t21-,24+,26+/m0/s1. The second-order valence-electron chi connectivity index (χ2n) is 9.68. The molecule has 2 aliphatic rings. The van der Waals surface area contributed by atoms with Gasteiger partial charge in [0.2, 0.25) is 0 Å². The van der Waals surface area contributed by atoms with Gasteiger partial charge in [0.05, 0.1) is 18.3 Å². The summed E-state index contributed by atoms with van der Waals surface area (Å²) in [7, 11) is 1.84. The minimum atomic E-state index is -0.547. The number of hydrogen-bond acceptors (Lipinski definition) is 5. The molecule has 2 aromatic heterocycles. The Morgan fingerprint density at radius 1 is 1.18 bits per heavy atom. The van der Waals surface area contributed by atoms with E-state index < -0.39 is 6.10 Å². The molecule has 5 rings (SSSR count). The maximum atomic E-state index is 13.0. The van der Waals surface area contributed by atoms with Gasteiger partial charge in [0.25, 0.3) is 5.91 Å². The highest BCUT2D eigenvalue weighted by Crippen LogP contribution is 2.27. The number of aromatic amines is 1. The molecule has 1 fully saturated rings. The van der Waals surface area contributed by atoms with E-state index in [1.165, 1.54) is 29.7 Å². The Labute approximate surface area is 200 Å². The third kappa shape index (κ3) is 4.91. The number of nitrogens with one attached hydrogen (secondary N) is 2. The smallest absolute Gasteiger partial charge is 0.253 e. The number of nitrogens with zero attached hydrogens (tertiary/aromatic N) is 3. The maximum absolute atomic E-state index is 13.0. The van der Waals surface area contributed by atoms with Crippen LogP contribution >= 0.6 is 0 Å². The van der Waals surface area contributed by atoms with E-state index >= 15 is 0 Å². The van der Waals surface area contributed by atoms with Gasteiger partial charge in [-0.3, -0.25) is 14.9 Å². The van der Waals surface area contributed by atoms with Crippen molar-refractivity contribution >= 4 is 5.91 Å². The predicted octanol–water partition coefficient (Wildman–Crippen LogP) is 3.35. The highest BCUT2D eigenvalue weighted by atomic mass is 16.3. The van der Waals surface area contributed by atoms with Crippen molar-refractivity contribution in [2.75, 3.05) is 7.05 Å². The van der Waals surface area contributed by atoms with Crippen molar-refractivity contribution < 1.29 is 9.90 Å². The van der Waals surface area contributed by atoms with Crippen LogP contribution in [0.25, 0.3) is 0 Å². The van der Waals surface area contributed by atoms with Crippen LogP contribution in [0, 0.1) is 0 Å². The molecule has 1 amide bonds. The molecule has 1 aliphatic carbocycles. The summed E-state index contributed by atoms with van der Waals surface area (Å²) in [6, 6.07) is 12.1. The molecular weight excluding hydrogens is 426 g/mol. The quantitative estimate of drug-likeness (QED) is 0.504. The van der Waals surface area contributed by atoms with Gasteiger partial charge in [-0.25, -0.2) is 0 Å². The molecule has 0 radical (unpaired) electrons. The number of hydrogen-bond donors (Lipinski definition) is 3. The zero-order valence-electron chi connectivity index (χ0n) is 19.7. The van der Waals surface area contributed by atoms with Crippen LogP contribution in [-0.2, 0) is 25.8 Å². The number of fused-ring (bicyclic) bond motifs is 1. The van der Waals surface area contributed by atoms with Gasteiger partial charge in [-0.2, -0.15) is 5.10 Å². The van der Waals surface area contributed by atoms with Gasteiger partial charge in [0, 0.05) is 48.3 Å². The first-order valence-electron chi connectivity index (χ1n) is 12.3. The number of aromatic nitrogens is 3. The number of H-pyrrole nitrogens is 1. The van der Waals surface area contributed by atoms with Crippen molar-refractivity contribution in [1.82, 2.24) is 25.4 Å². The Bertz CT molecular complexity index is 1110. The first-order chi connectivity index (χ1) is 16.6. The summed E-state index contributed by atoms with van der Waals surface area (Å²) in [4.78, 5) is 18.9. The number of pyridine rings is 1. The van der Waals surface area contributed by atoms with Gasteiger partial charge in [0.1, 0.15) is 0 Å². The molecule has 1 aromatic carbocycles. The highest BCUT2D eigenvalue weighted by molar-refractivity contribution is 5.94. The van der Waals surface area contributed by atoms with Gasteiger partial charge >= 0.3 is 0 Å². The molecule has 7 nitrogen and oxygen atoms in total. The number of rotatable bonds is 7. The van der Waals surface area contributed by atoms with E-state index in [2.05, 4.69) is 20.5 Å². The van der Waals surface area contributed by atoms with E-state index in [1.54, 1.807) is 17.3 Å². The second kappa shape index (κ2) is 10.1. The molecule has 3 N–H and O–H groups in total. The third-order valence-electron chi connectivity index (χ3n) is 7.24. The lowest BCUT2D eigenvalue weighted by Crippen LogP contribution is -2.35. The Morgan fingerprint density at radius 2 is 2.00 bits per heavy atom. The molecule has 7 heteroatoms. The third-order valence-corrected chi connectivity index (χ3v) is 7.24. The fourth-order valence-corrected chi connectivity index (χ4v) is 5.31. The summed E-state index contributed by atoms with van der Waals surface area (Å²) in [5.74, 6) is 0.0118. The van der Waals surface area contributed by atoms with E-state index in [0.717, 1.165) is 43.4 Å². The van der Waals surface area contributed by atoms with Crippen LogP contribution < -0.4 is 5.32 Å². The summed E-state index contributed by atoms with van der Waals surface area (Å²) < 4.78 is 0. The van der Waals surface area contributed by atoms with Crippen molar-refractivity contribution in [3.05, 3.63) is 82.4 Å². The molecule has 0 spiro atoms. The molecule has 178 valence electrons. The SMILES string of the molecule is CN(Cc1n[nH]c2c1CCCC2)C(=O)c1ccc(C[C@@H]2CC[C@H]([C@H](O)c3cccnc3)N2)cc1. The summed E-state index contributed by atoms with van der Waals surface area (Å²) >= 11 is 0. The van der Waals surface area contributed by atoms with Gasteiger partial charge in [-0.05, 0) is 74.3 Å². The van der Waals surface area contributed by atoms with Gasteiger partial charge in [-0.1, -0.05) is 18.2 Å². The Balaban J connectivity index is 1.15. The van der Waals surface area contributed by atoms with Gasteiger partial charge in [0.15, 0.2) is 0 Å². The molecular formula is C27H33N5O2. The molecule has 0 unspecified atom stereocenters. The van der Waals surface area contributed by atoms with E-state index in [9.17, 15) is 9.90 Å². The first kappa shape index (κ1) is 22.7. The molecule has 3 atom stereocenters. The largest absolute Gasteiger partial charge is 0.387 e.